The van der Waals surface area contributed by atoms with E-state index in [0.29, 0.717) is 11.3 Å². The molecule has 0 aliphatic rings. The van der Waals surface area contributed by atoms with Gasteiger partial charge in [-0.2, -0.15) is 0 Å². The van der Waals surface area contributed by atoms with Gasteiger partial charge in [0.15, 0.2) is 5.69 Å². The van der Waals surface area contributed by atoms with E-state index in [9.17, 15) is 9.18 Å². The summed E-state index contributed by atoms with van der Waals surface area (Å²) in [7, 11) is 0. The molecule has 0 saturated carbocycles. The van der Waals surface area contributed by atoms with Crippen molar-refractivity contribution in [1.82, 2.24) is 20.3 Å². The third-order valence-electron chi connectivity index (χ3n) is 3.78. The quantitative estimate of drug-likeness (QED) is 0.802. The Morgan fingerprint density at radius 2 is 1.96 bits per heavy atom. The highest BCUT2D eigenvalue weighted by Gasteiger charge is 2.15. The van der Waals surface area contributed by atoms with E-state index in [-0.39, 0.29) is 23.5 Å². The first-order valence-corrected chi connectivity index (χ1v) is 7.59. The Hall–Kier alpha value is -3.02. The topological polar surface area (TPSA) is 59.8 Å². The molecule has 3 aromatic rings. The number of carbonyl (C=O) groups excluding carboxylic acids is 1. The van der Waals surface area contributed by atoms with Gasteiger partial charge in [-0.15, -0.1) is 5.10 Å². The van der Waals surface area contributed by atoms with Crippen molar-refractivity contribution in [3.63, 3.8) is 0 Å². The van der Waals surface area contributed by atoms with E-state index in [2.05, 4.69) is 15.6 Å². The summed E-state index contributed by atoms with van der Waals surface area (Å²) in [5, 5.41) is 10.7. The Morgan fingerprint density at radius 3 is 2.67 bits per heavy atom. The molecule has 2 aromatic carbocycles. The van der Waals surface area contributed by atoms with E-state index >= 15 is 0 Å². The van der Waals surface area contributed by atoms with Crippen molar-refractivity contribution in [2.24, 2.45) is 0 Å². The number of halogens is 1. The van der Waals surface area contributed by atoms with Crippen molar-refractivity contribution in [1.29, 1.82) is 0 Å². The number of aryl methyl sites for hydroxylation is 1. The maximum absolute atomic E-state index is 13.3. The van der Waals surface area contributed by atoms with Crippen LogP contribution in [0, 0.1) is 12.7 Å². The molecule has 1 amide bonds. The second kappa shape index (κ2) is 6.62. The average molecular weight is 324 g/mol. The van der Waals surface area contributed by atoms with E-state index in [1.165, 1.54) is 16.9 Å². The van der Waals surface area contributed by atoms with Gasteiger partial charge in [0.05, 0.1) is 17.9 Å². The van der Waals surface area contributed by atoms with Gasteiger partial charge in [0.25, 0.3) is 5.91 Å². The Morgan fingerprint density at radius 1 is 1.21 bits per heavy atom. The van der Waals surface area contributed by atoms with Gasteiger partial charge in [0, 0.05) is 0 Å². The third kappa shape index (κ3) is 3.32. The van der Waals surface area contributed by atoms with E-state index in [1.807, 2.05) is 37.3 Å². The number of hydrogen-bond donors (Lipinski definition) is 1. The monoisotopic (exact) mass is 324 g/mol. The second-order valence-electron chi connectivity index (χ2n) is 5.59. The summed E-state index contributed by atoms with van der Waals surface area (Å²) in [5.41, 5.74) is 2.37. The standard InChI is InChI=1S/C18H17FN4O/c1-12-10-15(8-9-16(12)19)23-11-17(21-22-23)18(24)20-13(2)14-6-4-3-5-7-14/h3-11,13H,1-2H3,(H,20,24). The molecule has 0 radical (unpaired) electrons. The smallest absolute Gasteiger partial charge is 0.273 e. The molecule has 5 nitrogen and oxygen atoms in total. The molecule has 6 heteroatoms. The summed E-state index contributed by atoms with van der Waals surface area (Å²) in [5.74, 6) is -0.593. The minimum Gasteiger partial charge on any atom is -0.344 e. The number of carbonyl (C=O) groups is 1. The average Bonchev–Trinajstić information content (AvgIpc) is 3.08. The van der Waals surface area contributed by atoms with Crippen LogP contribution in [0.4, 0.5) is 4.39 Å². The van der Waals surface area contributed by atoms with Gasteiger partial charge >= 0.3 is 0 Å². The summed E-state index contributed by atoms with van der Waals surface area (Å²) in [6.45, 7) is 3.58. The maximum atomic E-state index is 13.3. The number of amides is 1. The first-order chi connectivity index (χ1) is 11.5. The first kappa shape index (κ1) is 15.9. The molecule has 1 atom stereocenters. The Labute approximate surface area is 139 Å². The van der Waals surface area contributed by atoms with Crippen molar-refractivity contribution < 1.29 is 9.18 Å². The maximum Gasteiger partial charge on any atom is 0.273 e. The number of hydrogen-bond acceptors (Lipinski definition) is 3. The molecule has 1 unspecified atom stereocenters. The number of aromatic nitrogens is 3. The summed E-state index contributed by atoms with van der Waals surface area (Å²) in [6, 6.07) is 14.1. The van der Waals surface area contributed by atoms with E-state index in [1.54, 1.807) is 19.1 Å². The fourth-order valence-corrected chi connectivity index (χ4v) is 2.36. The van der Waals surface area contributed by atoms with Gasteiger partial charge in [-0.3, -0.25) is 4.79 Å². The lowest BCUT2D eigenvalue weighted by Crippen LogP contribution is -2.26. The van der Waals surface area contributed by atoms with Crippen LogP contribution in [-0.2, 0) is 0 Å². The highest BCUT2D eigenvalue weighted by atomic mass is 19.1. The predicted molar refractivity (Wildman–Crippen MR) is 88.4 cm³/mol. The molecule has 1 heterocycles. The minimum absolute atomic E-state index is 0.142. The highest BCUT2D eigenvalue weighted by molar-refractivity contribution is 5.92. The molecule has 3 rings (SSSR count). The molecular weight excluding hydrogens is 307 g/mol. The van der Waals surface area contributed by atoms with Crippen LogP contribution in [0.1, 0.15) is 34.6 Å². The van der Waals surface area contributed by atoms with Crippen molar-refractivity contribution in [2.75, 3.05) is 0 Å². The van der Waals surface area contributed by atoms with Gasteiger partial charge < -0.3 is 5.32 Å². The van der Waals surface area contributed by atoms with Crippen LogP contribution in [-0.4, -0.2) is 20.9 Å². The normalized spacial score (nSPS) is 12.0. The fraction of sp³-hybridized carbons (Fsp3) is 0.167. The van der Waals surface area contributed by atoms with Crippen LogP contribution in [0.15, 0.2) is 54.7 Å². The molecular formula is C18H17FN4O. The third-order valence-corrected chi connectivity index (χ3v) is 3.78. The van der Waals surface area contributed by atoms with Crippen LogP contribution in [0.3, 0.4) is 0 Å². The Bertz CT molecular complexity index is 860. The summed E-state index contributed by atoms with van der Waals surface area (Å²) in [4.78, 5) is 12.3. The highest BCUT2D eigenvalue weighted by Crippen LogP contribution is 2.14. The number of nitrogens with one attached hydrogen (secondary N) is 1. The zero-order chi connectivity index (χ0) is 17.1. The summed E-state index contributed by atoms with van der Waals surface area (Å²) < 4.78 is 14.8. The van der Waals surface area contributed by atoms with Gasteiger partial charge in [-0.05, 0) is 43.2 Å². The van der Waals surface area contributed by atoms with Gasteiger partial charge in [0.2, 0.25) is 0 Å². The lowest BCUT2D eigenvalue weighted by molar-refractivity contribution is 0.0934. The SMILES string of the molecule is Cc1cc(-n2cc(C(=O)NC(C)c3ccccc3)nn2)ccc1F. The van der Waals surface area contributed by atoms with E-state index < -0.39 is 0 Å². The summed E-state index contributed by atoms with van der Waals surface area (Å²) >= 11 is 0. The molecule has 0 bridgehead atoms. The van der Waals surface area contributed by atoms with Crippen molar-refractivity contribution >= 4 is 5.91 Å². The first-order valence-electron chi connectivity index (χ1n) is 7.59. The molecule has 122 valence electrons. The van der Waals surface area contributed by atoms with Crippen LogP contribution in [0.25, 0.3) is 5.69 Å². The zero-order valence-electron chi connectivity index (χ0n) is 13.4. The van der Waals surface area contributed by atoms with Crippen LogP contribution in [0.5, 0.6) is 0 Å². The molecule has 0 saturated heterocycles. The Balaban J connectivity index is 1.75. The lowest BCUT2D eigenvalue weighted by atomic mass is 10.1. The molecule has 1 aromatic heterocycles. The Kier molecular flexibility index (Phi) is 4.37. The second-order valence-corrected chi connectivity index (χ2v) is 5.59. The fourth-order valence-electron chi connectivity index (χ4n) is 2.36. The number of rotatable bonds is 4. The minimum atomic E-state index is -0.309. The largest absolute Gasteiger partial charge is 0.344 e. The van der Waals surface area contributed by atoms with Crippen molar-refractivity contribution in [2.45, 2.75) is 19.9 Å². The molecule has 24 heavy (non-hydrogen) atoms. The predicted octanol–water partition coefficient (Wildman–Crippen LogP) is 3.21. The molecule has 0 aliphatic carbocycles. The lowest BCUT2D eigenvalue weighted by Gasteiger charge is -2.12. The van der Waals surface area contributed by atoms with Crippen molar-refractivity contribution in [3.8, 4) is 5.69 Å². The number of nitrogens with zero attached hydrogens (tertiary/aromatic N) is 3. The van der Waals surface area contributed by atoms with E-state index in [4.69, 9.17) is 0 Å². The molecule has 0 spiro atoms. The summed E-state index contributed by atoms with van der Waals surface area (Å²) in [6.07, 6.45) is 1.53. The van der Waals surface area contributed by atoms with Crippen LogP contribution in [0.2, 0.25) is 0 Å². The van der Waals surface area contributed by atoms with Gasteiger partial charge in [0.1, 0.15) is 5.82 Å². The molecule has 0 fully saturated rings. The van der Waals surface area contributed by atoms with Crippen LogP contribution >= 0.6 is 0 Å². The van der Waals surface area contributed by atoms with Crippen LogP contribution < -0.4 is 5.32 Å². The molecule has 0 aliphatic heterocycles. The number of benzene rings is 2. The van der Waals surface area contributed by atoms with E-state index in [0.717, 1.165) is 5.56 Å². The van der Waals surface area contributed by atoms with Gasteiger partial charge in [-0.25, -0.2) is 9.07 Å². The molecule has 1 N–H and O–H groups in total. The van der Waals surface area contributed by atoms with Gasteiger partial charge in [-0.1, -0.05) is 35.5 Å². The zero-order valence-corrected chi connectivity index (χ0v) is 13.4. The van der Waals surface area contributed by atoms with Crippen molar-refractivity contribution in [3.05, 3.63) is 77.4 Å².